The normalized spacial score (nSPS) is 13.6. The van der Waals surface area contributed by atoms with E-state index < -0.39 is 17.9 Å². The van der Waals surface area contributed by atoms with Gasteiger partial charge in [-0.2, -0.15) is 0 Å². The van der Waals surface area contributed by atoms with Crippen LogP contribution in [-0.2, 0) is 14.4 Å². The summed E-state index contributed by atoms with van der Waals surface area (Å²) in [6.07, 6.45) is 3.59. The van der Waals surface area contributed by atoms with Gasteiger partial charge in [-0.25, -0.2) is 5.84 Å². The van der Waals surface area contributed by atoms with Gasteiger partial charge in [0.1, 0.15) is 0 Å². The van der Waals surface area contributed by atoms with E-state index >= 15 is 0 Å². The van der Waals surface area contributed by atoms with Crippen LogP contribution in [0, 0.1) is 5.92 Å². The summed E-state index contributed by atoms with van der Waals surface area (Å²) in [6.45, 7) is 7.16. The first-order chi connectivity index (χ1) is 15.2. The number of nitrogens with one attached hydrogen (secondary N) is 1. The summed E-state index contributed by atoms with van der Waals surface area (Å²) in [5, 5.41) is 3.42. The number of rotatable bonds is 7. The summed E-state index contributed by atoms with van der Waals surface area (Å²) in [7, 11) is 0. The molecule has 0 spiro atoms. The molecule has 1 aliphatic rings. The van der Waals surface area contributed by atoms with Crippen LogP contribution in [-0.4, -0.2) is 23.2 Å². The van der Waals surface area contributed by atoms with Crippen molar-refractivity contribution in [2.45, 2.75) is 38.8 Å². The Morgan fingerprint density at radius 2 is 1.47 bits per heavy atom. The van der Waals surface area contributed by atoms with Gasteiger partial charge in [-0.1, -0.05) is 87.0 Å². The fourth-order valence-corrected chi connectivity index (χ4v) is 2.58. The predicted octanol–water partition coefficient (Wildman–Crippen LogP) is 2.30. The zero-order valence-electron chi connectivity index (χ0n) is 18.6. The number of amides is 3. The summed E-state index contributed by atoms with van der Waals surface area (Å²) in [4.78, 5) is 32.5. The fraction of sp³-hybridized carbons (Fsp3) is 0.292. The zero-order chi connectivity index (χ0) is 24.1. The monoisotopic (exact) mass is 439 g/mol. The SMILES string of the molecule is C=C(N)C(NC=O)c1ccccc1.CC(=O)N(N)C(C(N)=O)c1ccccc1.CC1CC1. The maximum absolute atomic E-state index is 11.2. The van der Waals surface area contributed by atoms with E-state index in [1.54, 1.807) is 30.3 Å². The molecule has 1 saturated carbocycles. The molecule has 2 aromatic carbocycles. The number of carbonyl (C=O) groups is 3. The lowest BCUT2D eigenvalue weighted by Gasteiger charge is -2.23. The highest BCUT2D eigenvalue weighted by molar-refractivity contribution is 5.86. The van der Waals surface area contributed by atoms with Crippen LogP contribution in [0.5, 0.6) is 0 Å². The molecule has 0 aliphatic heterocycles. The largest absolute Gasteiger partial charge is 0.401 e. The van der Waals surface area contributed by atoms with E-state index in [9.17, 15) is 14.4 Å². The average Bonchev–Trinajstić information content (AvgIpc) is 3.56. The van der Waals surface area contributed by atoms with E-state index in [4.69, 9.17) is 17.3 Å². The molecule has 8 nitrogen and oxygen atoms in total. The van der Waals surface area contributed by atoms with E-state index in [0.29, 0.717) is 17.7 Å². The Labute approximate surface area is 189 Å². The van der Waals surface area contributed by atoms with Crippen molar-refractivity contribution in [3.63, 3.8) is 0 Å². The minimum absolute atomic E-state index is 0.293. The number of nitrogens with zero attached hydrogens (tertiary/aromatic N) is 1. The molecule has 2 aromatic rings. The first-order valence-corrected chi connectivity index (χ1v) is 10.3. The molecule has 0 saturated heterocycles. The quantitative estimate of drug-likeness (QED) is 0.226. The predicted molar refractivity (Wildman–Crippen MR) is 125 cm³/mol. The maximum Gasteiger partial charge on any atom is 0.246 e. The first-order valence-electron chi connectivity index (χ1n) is 10.3. The molecular weight excluding hydrogens is 406 g/mol. The third-order valence-electron chi connectivity index (χ3n) is 4.63. The van der Waals surface area contributed by atoms with Crippen molar-refractivity contribution in [2.24, 2.45) is 23.2 Å². The molecule has 32 heavy (non-hydrogen) atoms. The molecule has 172 valence electrons. The van der Waals surface area contributed by atoms with Crippen LogP contribution in [0.4, 0.5) is 0 Å². The lowest BCUT2D eigenvalue weighted by molar-refractivity contribution is -0.138. The van der Waals surface area contributed by atoms with Gasteiger partial charge in [0, 0.05) is 12.6 Å². The summed E-state index contributed by atoms with van der Waals surface area (Å²) < 4.78 is 0. The number of primary amides is 1. The molecule has 0 aromatic heterocycles. The molecular formula is C24H33N5O3. The van der Waals surface area contributed by atoms with Gasteiger partial charge in [0.2, 0.25) is 18.2 Å². The van der Waals surface area contributed by atoms with Crippen molar-refractivity contribution < 1.29 is 14.4 Å². The second kappa shape index (κ2) is 13.6. The Hall–Kier alpha value is -3.65. The highest BCUT2D eigenvalue weighted by atomic mass is 16.2. The lowest BCUT2D eigenvalue weighted by atomic mass is 10.1. The number of hydrogen-bond donors (Lipinski definition) is 4. The van der Waals surface area contributed by atoms with Gasteiger partial charge in [0.15, 0.2) is 6.04 Å². The first kappa shape index (κ1) is 26.4. The highest BCUT2D eigenvalue weighted by Crippen LogP contribution is 2.26. The Morgan fingerprint density at radius 1 is 1.03 bits per heavy atom. The van der Waals surface area contributed by atoms with Crippen molar-refractivity contribution in [3.05, 3.63) is 84.1 Å². The van der Waals surface area contributed by atoms with E-state index in [-0.39, 0.29) is 6.04 Å². The smallest absolute Gasteiger partial charge is 0.246 e. The van der Waals surface area contributed by atoms with Gasteiger partial charge in [-0.3, -0.25) is 19.4 Å². The Morgan fingerprint density at radius 3 is 1.78 bits per heavy atom. The van der Waals surface area contributed by atoms with Gasteiger partial charge in [0.25, 0.3) is 0 Å². The van der Waals surface area contributed by atoms with Gasteiger partial charge in [-0.05, 0) is 17.0 Å². The van der Waals surface area contributed by atoms with E-state index in [0.717, 1.165) is 16.5 Å². The fourth-order valence-electron chi connectivity index (χ4n) is 2.58. The van der Waals surface area contributed by atoms with Crippen LogP contribution in [0.3, 0.4) is 0 Å². The zero-order valence-corrected chi connectivity index (χ0v) is 18.6. The molecule has 3 rings (SSSR count). The minimum atomic E-state index is -0.913. The van der Waals surface area contributed by atoms with Gasteiger partial charge < -0.3 is 16.8 Å². The maximum atomic E-state index is 11.2. The summed E-state index contributed by atoms with van der Waals surface area (Å²) in [5.74, 6) is 5.49. The molecule has 1 fully saturated rings. The summed E-state index contributed by atoms with van der Waals surface area (Å²) >= 11 is 0. The summed E-state index contributed by atoms with van der Waals surface area (Å²) in [5.41, 5.74) is 12.7. The van der Waals surface area contributed by atoms with Crippen molar-refractivity contribution >= 4 is 18.2 Å². The van der Waals surface area contributed by atoms with Crippen LogP contribution in [0.2, 0.25) is 0 Å². The average molecular weight is 440 g/mol. The Bertz CT molecular complexity index is 870. The van der Waals surface area contributed by atoms with Crippen LogP contribution < -0.4 is 22.6 Å². The molecule has 2 unspecified atom stereocenters. The molecule has 2 atom stereocenters. The number of hydrogen-bond acceptors (Lipinski definition) is 5. The van der Waals surface area contributed by atoms with Crippen LogP contribution in [0.25, 0.3) is 0 Å². The van der Waals surface area contributed by atoms with Gasteiger partial charge in [-0.15, -0.1) is 0 Å². The van der Waals surface area contributed by atoms with Crippen molar-refractivity contribution in [1.29, 1.82) is 0 Å². The standard InChI is InChI=1S/C10H13N3O2.C10H12N2O.C4H8/c1-7(14)13(12)9(10(11)15)8-5-3-2-4-6-8;1-8(11)10(12-7-13)9-5-3-2-4-6-9;1-4-2-3-4/h2-6,9H,12H2,1H3,(H2,11,15);2-7,10H,1,11H2,(H,12,13);4H,2-3H2,1H3. The highest BCUT2D eigenvalue weighted by Gasteiger charge is 2.25. The van der Waals surface area contributed by atoms with E-state index in [1.165, 1.54) is 19.8 Å². The lowest BCUT2D eigenvalue weighted by Crippen LogP contribution is -2.45. The van der Waals surface area contributed by atoms with Crippen molar-refractivity contribution in [1.82, 2.24) is 10.3 Å². The van der Waals surface area contributed by atoms with E-state index in [1.807, 2.05) is 30.3 Å². The van der Waals surface area contributed by atoms with Crippen LogP contribution in [0.1, 0.15) is 49.9 Å². The minimum Gasteiger partial charge on any atom is -0.401 e. The van der Waals surface area contributed by atoms with Gasteiger partial charge in [0.05, 0.1) is 6.04 Å². The Kier molecular flexibility index (Phi) is 11.2. The van der Waals surface area contributed by atoms with Crippen molar-refractivity contribution in [3.8, 4) is 0 Å². The van der Waals surface area contributed by atoms with Crippen LogP contribution >= 0.6 is 0 Å². The number of nitrogens with two attached hydrogens (primary N) is 3. The third kappa shape index (κ3) is 9.44. The Balaban J connectivity index is 0.000000274. The number of hydrazine groups is 1. The van der Waals surface area contributed by atoms with Crippen LogP contribution in [0.15, 0.2) is 72.9 Å². The molecule has 8 heteroatoms. The second-order valence-corrected chi connectivity index (χ2v) is 7.53. The molecule has 0 heterocycles. The number of benzene rings is 2. The second-order valence-electron chi connectivity index (χ2n) is 7.53. The van der Waals surface area contributed by atoms with E-state index in [2.05, 4.69) is 18.8 Å². The molecule has 3 amide bonds. The number of carbonyl (C=O) groups excluding carboxylic acids is 3. The van der Waals surface area contributed by atoms with Gasteiger partial charge >= 0.3 is 0 Å². The molecule has 0 radical (unpaired) electrons. The molecule has 7 N–H and O–H groups in total. The summed E-state index contributed by atoms with van der Waals surface area (Å²) in [6, 6.07) is 16.9. The molecule has 0 bridgehead atoms. The topological polar surface area (TPSA) is 145 Å². The third-order valence-corrected chi connectivity index (χ3v) is 4.63. The molecule has 1 aliphatic carbocycles. The van der Waals surface area contributed by atoms with Crippen molar-refractivity contribution in [2.75, 3.05) is 0 Å².